The van der Waals surface area contributed by atoms with Gasteiger partial charge in [0, 0.05) is 47.7 Å². The number of hydrogen-bond acceptors (Lipinski definition) is 4. The van der Waals surface area contributed by atoms with Gasteiger partial charge >= 0.3 is 0 Å². The van der Waals surface area contributed by atoms with E-state index in [0.29, 0.717) is 13.0 Å². The fourth-order valence-electron chi connectivity index (χ4n) is 5.40. The Bertz CT molecular complexity index is 1280. The minimum Gasteiger partial charge on any atom is -0.492 e. The molecule has 2 aromatic carbocycles. The fraction of sp³-hybridized carbons (Fsp3) is 0.407. The highest BCUT2D eigenvalue weighted by atomic mass is 32.2. The molecule has 0 radical (unpaired) electrons. The lowest BCUT2D eigenvalue weighted by molar-refractivity contribution is 0.0806. The summed E-state index contributed by atoms with van der Waals surface area (Å²) in [5.74, 6) is 1.64. The van der Waals surface area contributed by atoms with E-state index < -0.39 is 16.1 Å². The number of para-hydroxylation sites is 1. The molecule has 2 aliphatic rings. The molecular weight excluding hydrogens is 446 g/mol. The normalized spacial score (nSPS) is 21.8. The van der Waals surface area contributed by atoms with E-state index in [9.17, 15) is 8.42 Å². The van der Waals surface area contributed by atoms with Gasteiger partial charge in [-0.2, -0.15) is 4.31 Å². The molecule has 6 nitrogen and oxygen atoms in total. The van der Waals surface area contributed by atoms with Gasteiger partial charge in [0.2, 0.25) is 10.0 Å². The molecule has 2 atom stereocenters. The zero-order chi connectivity index (χ0) is 23.9. The third-order valence-electron chi connectivity index (χ3n) is 7.30. The van der Waals surface area contributed by atoms with Crippen LogP contribution in [0, 0.1) is 5.92 Å². The number of ether oxygens (including phenoxy) is 1. The van der Waals surface area contributed by atoms with E-state index >= 15 is 0 Å². The molecule has 180 valence electrons. The number of benzene rings is 2. The summed E-state index contributed by atoms with van der Waals surface area (Å²) in [4.78, 5) is 5.93. The van der Waals surface area contributed by atoms with E-state index in [1.807, 2.05) is 49.4 Å². The van der Waals surface area contributed by atoms with E-state index in [1.165, 1.54) is 25.1 Å². The van der Waals surface area contributed by atoms with Crippen molar-refractivity contribution in [1.29, 1.82) is 0 Å². The molecular formula is C27H33N3O3S. The quantitative estimate of drug-likeness (QED) is 0.509. The van der Waals surface area contributed by atoms with Gasteiger partial charge in [-0.3, -0.25) is 4.90 Å². The summed E-state index contributed by atoms with van der Waals surface area (Å²) in [6.45, 7) is 11.7. The molecule has 0 amide bonds. The molecule has 2 aliphatic heterocycles. The Labute approximate surface area is 202 Å². The lowest BCUT2D eigenvalue weighted by atomic mass is 9.91. The number of likely N-dealkylation sites (tertiary alicyclic amines) is 1. The Balaban J connectivity index is 1.42. The maximum Gasteiger partial charge on any atom is 0.236 e. The maximum atomic E-state index is 13.1. The van der Waals surface area contributed by atoms with Crippen LogP contribution in [0.4, 0.5) is 0 Å². The highest BCUT2D eigenvalue weighted by Gasteiger charge is 2.41. The van der Waals surface area contributed by atoms with E-state index in [0.717, 1.165) is 45.8 Å². The number of sulfonamides is 1. The lowest BCUT2D eigenvalue weighted by Gasteiger charge is -2.39. The van der Waals surface area contributed by atoms with E-state index in [2.05, 4.69) is 29.5 Å². The molecule has 5 rings (SSSR count). The predicted molar refractivity (Wildman–Crippen MR) is 136 cm³/mol. The van der Waals surface area contributed by atoms with Crippen LogP contribution in [0.3, 0.4) is 0 Å². The topological polar surface area (TPSA) is 65.6 Å². The van der Waals surface area contributed by atoms with Gasteiger partial charge in [-0.15, -0.1) is 0 Å². The number of H-pyrrole nitrogens is 1. The third kappa shape index (κ3) is 4.17. The molecule has 0 aliphatic carbocycles. The number of hydrogen-bond donors (Lipinski definition) is 1. The lowest BCUT2D eigenvalue weighted by Crippen LogP contribution is -2.47. The molecule has 3 aromatic rings. The van der Waals surface area contributed by atoms with Gasteiger partial charge in [0.05, 0.1) is 6.04 Å². The standard InChI is InChI=1S/C27H33N3O3S/c1-4-20-17-29(18-20)14-15-33-22-12-10-21(11-13-22)27-26-24(23-8-6-7-9-25(23)28-26)16-19(3)30(27)34(31,32)5-2/h5-13,19-20,27-28H,2,4,14-18H2,1,3H3/t19-,27-/m1/s1. The second-order valence-corrected chi connectivity index (χ2v) is 11.3. The summed E-state index contributed by atoms with van der Waals surface area (Å²) in [6.07, 6.45) is 1.90. The number of nitrogens with one attached hydrogen (secondary N) is 1. The second kappa shape index (κ2) is 9.21. The molecule has 0 saturated carbocycles. The van der Waals surface area contributed by atoms with Crippen molar-refractivity contribution in [3.63, 3.8) is 0 Å². The summed E-state index contributed by atoms with van der Waals surface area (Å²) in [5.41, 5.74) is 4.05. The number of fused-ring (bicyclic) bond motifs is 3. The molecule has 1 aromatic heterocycles. The van der Waals surface area contributed by atoms with E-state index in [-0.39, 0.29) is 6.04 Å². The van der Waals surface area contributed by atoms with Gasteiger partial charge < -0.3 is 9.72 Å². The first-order valence-corrected chi connectivity index (χ1v) is 13.6. The van der Waals surface area contributed by atoms with Crippen molar-refractivity contribution >= 4 is 20.9 Å². The smallest absolute Gasteiger partial charge is 0.236 e. The summed E-state index contributed by atoms with van der Waals surface area (Å²) in [6, 6.07) is 15.4. The van der Waals surface area contributed by atoms with Crippen LogP contribution in [-0.4, -0.2) is 54.9 Å². The Kier molecular flexibility index (Phi) is 6.27. The second-order valence-electron chi connectivity index (χ2n) is 9.51. The maximum absolute atomic E-state index is 13.1. The molecule has 34 heavy (non-hydrogen) atoms. The Morgan fingerprint density at radius 1 is 1.15 bits per heavy atom. The fourth-order valence-corrected chi connectivity index (χ4v) is 6.66. The number of aromatic nitrogens is 1. The van der Waals surface area contributed by atoms with Crippen LogP contribution < -0.4 is 4.74 Å². The summed E-state index contributed by atoms with van der Waals surface area (Å²) in [7, 11) is -3.64. The summed E-state index contributed by atoms with van der Waals surface area (Å²) in [5, 5.41) is 2.21. The van der Waals surface area contributed by atoms with Crippen LogP contribution >= 0.6 is 0 Å². The number of nitrogens with zero attached hydrogens (tertiary/aromatic N) is 2. The molecule has 3 heterocycles. The van der Waals surface area contributed by atoms with Gasteiger partial charge in [-0.25, -0.2) is 8.42 Å². The first kappa shape index (κ1) is 23.1. The van der Waals surface area contributed by atoms with Crippen molar-refractivity contribution in [3.8, 4) is 5.75 Å². The average molecular weight is 480 g/mol. The molecule has 1 N–H and O–H groups in total. The van der Waals surface area contributed by atoms with E-state index in [4.69, 9.17) is 4.74 Å². The Hall–Kier alpha value is -2.61. The Morgan fingerprint density at radius 2 is 1.88 bits per heavy atom. The van der Waals surface area contributed by atoms with Crippen LogP contribution in [0.5, 0.6) is 5.75 Å². The van der Waals surface area contributed by atoms with Gasteiger partial charge in [0.1, 0.15) is 12.4 Å². The van der Waals surface area contributed by atoms with Crippen LogP contribution in [0.15, 0.2) is 60.5 Å². The van der Waals surface area contributed by atoms with Crippen molar-refractivity contribution in [3.05, 3.63) is 77.3 Å². The van der Waals surface area contributed by atoms with Gasteiger partial charge in [0.25, 0.3) is 0 Å². The molecule has 1 saturated heterocycles. The predicted octanol–water partition coefficient (Wildman–Crippen LogP) is 4.70. The zero-order valence-corrected chi connectivity index (χ0v) is 20.7. The number of aromatic amines is 1. The first-order chi connectivity index (χ1) is 16.4. The average Bonchev–Trinajstić information content (AvgIpc) is 3.18. The molecule has 1 fully saturated rings. The molecule has 0 spiro atoms. The molecule has 7 heteroatoms. The minimum atomic E-state index is -3.64. The SMILES string of the molecule is C=CS(=O)(=O)N1[C@H](c2ccc(OCCN3CC(CC)C3)cc2)c2[nH]c3ccccc3c2C[C@H]1C. The highest BCUT2D eigenvalue weighted by Crippen LogP contribution is 2.42. The van der Waals surface area contributed by atoms with Gasteiger partial charge in [-0.1, -0.05) is 50.3 Å². The minimum absolute atomic E-state index is 0.195. The van der Waals surface area contributed by atoms with Crippen LogP contribution in [0.1, 0.15) is 43.1 Å². The summed E-state index contributed by atoms with van der Waals surface area (Å²) >= 11 is 0. The summed E-state index contributed by atoms with van der Waals surface area (Å²) < 4.78 is 33.7. The van der Waals surface area contributed by atoms with Crippen molar-refractivity contribution in [2.45, 2.75) is 38.8 Å². The number of rotatable bonds is 8. The zero-order valence-electron chi connectivity index (χ0n) is 19.9. The monoisotopic (exact) mass is 479 g/mol. The third-order valence-corrected chi connectivity index (χ3v) is 8.87. The van der Waals surface area contributed by atoms with Gasteiger partial charge in [-0.05, 0) is 48.6 Å². The first-order valence-electron chi connectivity index (χ1n) is 12.1. The largest absolute Gasteiger partial charge is 0.492 e. The van der Waals surface area contributed by atoms with Crippen LogP contribution in [0.2, 0.25) is 0 Å². The van der Waals surface area contributed by atoms with E-state index in [1.54, 1.807) is 4.31 Å². The molecule has 0 bridgehead atoms. The Morgan fingerprint density at radius 3 is 2.59 bits per heavy atom. The molecule has 0 unspecified atom stereocenters. The van der Waals surface area contributed by atoms with Crippen molar-refractivity contribution in [2.24, 2.45) is 5.92 Å². The van der Waals surface area contributed by atoms with Crippen molar-refractivity contribution in [1.82, 2.24) is 14.2 Å². The highest BCUT2D eigenvalue weighted by molar-refractivity contribution is 7.92. The van der Waals surface area contributed by atoms with Crippen LogP contribution in [0.25, 0.3) is 10.9 Å². The van der Waals surface area contributed by atoms with Crippen LogP contribution in [-0.2, 0) is 16.4 Å². The van der Waals surface area contributed by atoms with Crippen molar-refractivity contribution in [2.75, 3.05) is 26.2 Å². The van der Waals surface area contributed by atoms with Gasteiger partial charge in [0.15, 0.2) is 0 Å². The van der Waals surface area contributed by atoms with Crippen molar-refractivity contribution < 1.29 is 13.2 Å².